The first-order chi connectivity index (χ1) is 8.70. The standard InChI is InChI=1S/C14H19NO3/c1-2-12(16)11-5-3-4-6-13(11)18-9-10-7-8-14(17)15-10/h3-6,10,12,16H,2,7-9H2,1H3,(H,15,17)/t10?,12-/m0/s1. The molecule has 0 aliphatic carbocycles. The van der Waals surface area contributed by atoms with Gasteiger partial charge in [0, 0.05) is 12.0 Å². The van der Waals surface area contributed by atoms with Gasteiger partial charge in [-0.15, -0.1) is 0 Å². The molecule has 0 radical (unpaired) electrons. The maximum absolute atomic E-state index is 11.1. The lowest BCUT2D eigenvalue weighted by molar-refractivity contribution is -0.119. The van der Waals surface area contributed by atoms with E-state index in [4.69, 9.17) is 4.74 Å². The second-order valence-corrected chi connectivity index (χ2v) is 4.58. The quantitative estimate of drug-likeness (QED) is 0.836. The summed E-state index contributed by atoms with van der Waals surface area (Å²) in [6, 6.07) is 7.58. The lowest BCUT2D eigenvalue weighted by Crippen LogP contribution is -2.31. The van der Waals surface area contributed by atoms with E-state index >= 15 is 0 Å². The van der Waals surface area contributed by atoms with Crippen LogP contribution in [0.2, 0.25) is 0 Å². The summed E-state index contributed by atoms with van der Waals surface area (Å²) in [5.41, 5.74) is 0.810. The molecule has 1 aliphatic heterocycles. The fraction of sp³-hybridized carbons (Fsp3) is 0.500. The molecule has 98 valence electrons. The van der Waals surface area contributed by atoms with E-state index in [0.29, 0.717) is 25.2 Å². The number of aliphatic hydroxyl groups is 1. The molecule has 0 aromatic heterocycles. The van der Waals surface area contributed by atoms with Gasteiger partial charge in [0.25, 0.3) is 0 Å². The topological polar surface area (TPSA) is 58.6 Å². The number of nitrogens with one attached hydrogen (secondary N) is 1. The summed E-state index contributed by atoms with van der Waals surface area (Å²) in [6.07, 6.45) is 1.55. The van der Waals surface area contributed by atoms with Crippen LogP contribution >= 0.6 is 0 Å². The highest BCUT2D eigenvalue weighted by molar-refractivity contribution is 5.78. The third-order valence-corrected chi connectivity index (χ3v) is 3.19. The Morgan fingerprint density at radius 2 is 2.28 bits per heavy atom. The largest absolute Gasteiger partial charge is 0.491 e. The van der Waals surface area contributed by atoms with Gasteiger partial charge in [-0.05, 0) is 18.9 Å². The highest BCUT2D eigenvalue weighted by Gasteiger charge is 2.21. The average Bonchev–Trinajstić information content (AvgIpc) is 2.81. The molecule has 4 nitrogen and oxygen atoms in total. The Labute approximate surface area is 107 Å². The molecule has 18 heavy (non-hydrogen) atoms. The maximum Gasteiger partial charge on any atom is 0.220 e. The van der Waals surface area contributed by atoms with Crippen LogP contribution in [0, 0.1) is 0 Å². The number of benzene rings is 1. The lowest BCUT2D eigenvalue weighted by Gasteiger charge is -2.17. The number of carbonyl (C=O) groups is 1. The number of carbonyl (C=O) groups excluding carboxylic acids is 1. The van der Waals surface area contributed by atoms with E-state index < -0.39 is 6.10 Å². The van der Waals surface area contributed by atoms with Gasteiger partial charge in [-0.2, -0.15) is 0 Å². The van der Waals surface area contributed by atoms with Crippen LogP contribution in [0.1, 0.15) is 37.9 Å². The Balaban J connectivity index is 1.98. The minimum Gasteiger partial charge on any atom is -0.491 e. The number of amides is 1. The summed E-state index contributed by atoms with van der Waals surface area (Å²) >= 11 is 0. The van der Waals surface area contributed by atoms with E-state index in [1.54, 1.807) is 0 Å². The van der Waals surface area contributed by atoms with Crippen LogP contribution in [0.25, 0.3) is 0 Å². The molecule has 0 spiro atoms. The monoisotopic (exact) mass is 249 g/mol. The third-order valence-electron chi connectivity index (χ3n) is 3.19. The van der Waals surface area contributed by atoms with Gasteiger partial charge in [0.1, 0.15) is 12.4 Å². The highest BCUT2D eigenvalue weighted by atomic mass is 16.5. The summed E-state index contributed by atoms with van der Waals surface area (Å²) in [5, 5.41) is 12.8. The minimum atomic E-state index is -0.501. The van der Waals surface area contributed by atoms with Crippen molar-refractivity contribution in [2.75, 3.05) is 6.61 Å². The zero-order valence-corrected chi connectivity index (χ0v) is 10.6. The molecule has 1 aliphatic rings. The fourth-order valence-corrected chi connectivity index (χ4v) is 2.10. The van der Waals surface area contributed by atoms with Crippen molar-refractivity contribution in [2.45, 2.75) is 38.3 Å². The molecular formula is C14H19NO3. The molecule has 0 bridgehead atoms. The van der Waals surface area contributed by atoms with Crippen molar-refractivity contribution in [1.82, 2.24) is 5.32 Å². The van der Waals surface area contributed by atoms with Crippen LogP contribution in [0.15, 0.2) is 24.3 Å². The van der Waals surface area contributed by atoms with Gasteiger partial charge >= 0.3 is 0 Å². The molecule has 2 N–H and O–H groups in total. The Kier molecular flexibility index (Phi) is 4.20. The molecule has 2 rings (SSSR count). The highest BCUT2D eigenvalue weighted by Crippen LogP contribution is 2.27. The number of rotatable bonds is 5. The van der Waals surface area contributed by atoms with E-state index in [1.807, 2.05) is 31.2 Å². The van der Waals surface area contributed by atoms with Crippen LogP contribution in [0.4, 0.5) is 0 Å². The average molecular weight is 249 g/mol. The van der Waals surface area contributed by atoms with Crippen molar-refractivity contribution < 1.29 is 14.6 Å². The Bertz CT molecular complexity index is 419. The normalized spacial score (nSPS) is 20.6. The Hall–Kier alpha value is -1.55. The van der Waals surface area contributed by atoms with Crippen molar-refractivity contribution in [3.63, 3.8) is 0 Å². The van der Waals surface area contributed by atoms with Crippen molar-refractivity contribution in [2.24, 2.45) is 0 Å². The molecule has 2 atom stereocenters. The van der Waals surface area contributed by atoms with Crippen LogP contribution < -0.4 is 10.1 Å². The Morgan fingerprint density at radius 3 is 2.94 bits per heavy atom. The molecule has 1 heterocycles. The zero-order chi connectivity index (χ0) is 13.0. The molecule has 1 fully saturated rings. The van der Waals surface area contributed by atoms with Gasteiger partial charge in [-0.1, -0.05) is 25.1 Å². The first-order valence-electron chi connectivity index (χ1n) is 6.40. The van der Waals surface area contributed by atoms with Crippen molar-refractivity contribution in [3.05, 3.63) is 29.8 Å². The fourth-order valence-electron chi connectivity index (χ4n) is 2.10. The minimum absolute atomic E-state index is 0.0873. The number of ether oxygens (including phenoxy) is 1. The molecule has 1 aromatic rings. The van der Waals surface area contributed by atoms with E-state index in [2.05, 4.69) is 5.32 Å². The van der Waals surface area contributed by atoms with E-state index in [0.717, 1.165) is 12.0 Å². The molecular weight excluding hydrogens is 230 g/mol. The van der Waals surface area contributed by atoms with Gasteiger partial charge in [-0.25, -0.2) is 0 Å². The van der Waals surface area contributed by atoms with E-state index in [-0.39, 0.29) is 11.9 Å². The number of hydrogen-bond acceptors (Lipinski definition) is 3. The van der Waals surface area contributed by atoms with Crippen LogP contribution in [-0.2, 0) is 4.79 Å². The van der Waals surface area contributed by atoms with Gasteiger partial charge < -0.3 is 15.2 Å². The smallest absolute Gasteiger partial charge is 0.220 e. The Morgan fingerprint density at radius 1 is 1.50 bits per heavy atom. The second-order valence-electron chi connectivity index (χ2n) is 4.58. The van der Waals surface area contributed by atoms with E-state index in [9.17, 15) is 9.90 Å². The number of para-hydroxylation sites is 1. The van der Waals surface area contributed by atoms with Crippen LogP contribution in [0.3, 0.4) is 0 Å². The van der Waals surface area contributed by atoms with Crippen LogP contribution in [-0.4, -0.2) is 23.7 Å². The number of aliphatic hydroxyl groups excluding tert-OH is 1. The molecule has 4 heteroatoms. The van der Waals surface area contributed by atoms with Gasteiger partial charge in [0.15, 0.2) is 0 Å². The summed E-state index contributed by atoms with van der Waals surface area (Å²) in [7, 11) is 0. The summed E-state index contributed by atoms with van der Waals surface area (Å²) in [6.45, 7) is 2.39. The lowest BCUT2D eigenvalue weighted by atomic mass is 10.1. The van der Waals surface area contributed by atoms with Gasteiger partial charge in [-0.3, -0.25) is 4.79 Å². The molecule has 1 unspecified atom stereocenters. The summed E-state index contributed by atoms with van der Waals surface area (Å²) in [5.74, 6) is 0.790. The summed E-state index contributed by atoms with van der Waals surface area (Å²) in [4.78, 5) is 11.1. The SMILES string of the molecule is CC[C@H](O)c1ccccc1OCC1CCC(=O)N1. The second kappa shape index (κ2) is 5.87. The van der Waals surface area contributed by atoms with Gasteiger partial charge in [0.05, 0.1) is 12.1 Å². The molecule has 1 amide bonds. The van der Waals surface area contributed by atoms with Crippen molar-refractivity contribution in [1.29, 1.82) is 0 Å². The molecule has 0 saturated carbocycles. The summed E-state index contributed by atoms with van der Waals surface area (Å²) < 4.78 is 5.72. The molecule has 1 aromatic carbocycles. The van der Waals surface area contributed by atoms with Gasteiger partial charge in [0.2, 0.25) is 5.91 Å². The van der Waals surface area contributed by atoms with E-state index in [1.165, 1.54) is 0 Å². The molecule has 1 saturated heterocycles. The predicted octanol–water partition coefficient (Wildman–Crippen LogP) is 1.79. The van der Waals surface area contributed by atoms with Crippen molar-refractivity contribution >= 4 is 5.91 Å². The number of hydrogen-bond donors (Lipinski definition) is 2. The first kappa shape index (κ1) is 12.9. The predicted molar refractivity (Wildman–Crippen MR) is 68.4 cm³/mol. The van der Waals surface area contributed by atoms with Crippen LogP contribution in [0.5, 0.6) is 5.75 Å². The zero-order valence-electron chi connectivity index (χ0n) is 10.6. The third kappa shape index (κ3) is 3.01. The maximum atomic E-state index is 11.1. The first-order valence-corrected chi connectivity index (χ1v) is 6.40. The van der Waals surface area contributed by atoms with Crippen molar-refractivity contribution in [3.8, 4) is 5.75 Å².